The van der Waals surface area contributed by atoms with Crippen LogP contribution >= 0.6 is 0 Å². The summed E-state index contributed by atoms with van der Waals surface area (Å²) in [5.41, 5.74) is 5.91. The summed E-state index contributed by atoms with van der Waals surface area (Å²) in [4.78, 5) is 25.5. The van der Waals surface area contributed by atoms with Gasteiger partial charge in [-0.3, -0.25) is 9.59 Å². The number of nitrogens with two attached hydrogens (primary N) is 1. The normalized spacial score (nSPS) is 17.0. The molecule has 2 rings (SSSR count). The van der Waals surface area contributed by atoms with Crippen molar-refractivity contribution in [3.8, 4) is 11.5 Å². The third kappa shape index (κ3) is 4.63. The van der Waals surface area contributed by atoms with Crippen molar-refractivity contribution in [2.24, 2.45) is 11.1 Å². The van der Waals surface area contributed by atoms with Crippen LogP contribution in [0.1, 0.15) is 43.5 Å². The van der Waals surface area contributed by atoms with Crippen LogP contribution in [0.2, 0.25) is 0 Å². The molecule has 0 aromatic heterocycles. The molecule has 0 bridgehead atoms. The third-order valence-electron chi connectivity index (χ3n) is 4.41. The summed E-state index contributed by atoms with van der Waals surface area (Å²) in [6.07, 6.45) is 3.13. The molecule has 0 spiro atoms. The minimum absolute atomic E-state index is 0.00699. The van der Waals surface area contributed by atoms with Gasteiger partial charge in [0.1, 0.15) is 0 Å². The molecular formula is C18H26N2O4. The molecule has 2 amide bonds. The van der Waals surface area contributed by atoms with Crippen molar-refractivity contribution in [3.05, 3.63) is 23.8 Å². The lowest BCUT2D eigenvalue weighted by Crippen LogP contribution is -2.32. The molecule has 0 atom stereocenters. The number of methoxy groups -OCH3 is 1. The lowest BCUT2D eigenvalue weighted by atomic mass is 9.85. The molecule has 0 saturated carbocycles. The number of likely N-dealkylation sites (tertiary alicyclic amines) is 1. The number of carbonyl (C=O) groups excluding carboxylic acids is 2. The average Bonchev–Trinajstić information content (AvgIpc) is 2.72. The van der Waals surface area contributed by atoms with Gasteiger partial charge in [-0.15, -0.1) is 0 Å². The van der Waals surface area contributed by atoms with Crippen molar-refractivity contribution in [2.75, 3.05) is 26.8 Å². The van der Waals surface area contributed by atoms with Crippen LogP contribution in [0.15, 0.2) is 18.2 Å². The van der Waals surface area contributed by atoms with E-state index in [1.807, 2.05) is 4.90 Å². The fourth-order valence-corrected chi connectivity index (χ4v) is 2.88. The van der Waals surface area contributed by atoms with Gasteiger partial charge >= 0.3 is 0 Å². The van der Waals surface area contributed by atoms with Gasteiger partial charge in [-0.2, -0.15) is 0 Å². The number of hydrogen-bond donors (Lipinski definition) is 1. The van der Waals surface area contributed by atoms with Crippen LogP contribution in [-0.4, -0.2) is 43.5 Å². The van der Waals surface area contributed by atoms with Crippen molar-refractivity contribution >= 4 is 11.8 Å². The summed E-state index contributed by atoms with van der Waals surface area (Å²) in [5, 5.41) is 0. The molecular weight excluding hydrogens is 308 g/mol. The minimum Gasteiger partial charge on any atom is -0.493 e. The fourth-order valence-electron chi connectivity index (χ4n) is 2.88. The van der Waals surface area contributed by atoms with Crippen molar-refractivity contribution < 1.29 is 19.1 Å². The molecule has 2 N–H and O–H groups in total. The Morgan fingerprint density at radius 2 is 1.96 bits per heavy atom. The van der Waals surface area contributed by atoms with Crippen LogP contribution in [0, 0.1) is 5.41 Å². The lowest BCUT2D eigenvalue weighted by molar-refractivity contribution is -0.119. The van der Waals surface area contributed by atoms with Gasteiger partial charge in [-0.1, -0.05) is 13.8 Å². The number of amides is 2. The van der Waals surface area contributed by atoms with Gasteiger partial charge in [0.25, 0.3) is 11.8 Å². The van der Waals surface area contributed by atoms with Gasteiger partial charge in [0.05, 0.1) is 7.11 Å². The molecule has 1 heterocycles. The monoisotopic (exact) mass is 334 g/mol. The molecule has 0 radical (unpaired) electrons. The van der Waals surface area contributed by atoms with Gasteiger partial charge in [-0.25, -0.2) is 0 Å². The highest BCUT2D eigenvalue weighted by Crippen LogP contribution is 2.32. The van der Waals surface area contributed by atoms with Gasteiger partial charge in [-0.05, 0) is 42.9 Å². The van der Waals surface area contributed by atoms with E-state index in [2.05, 4.69) is 13.8 Å². The quantitative estimate of drug-likeness (QED) is 0.895. The molecule has 0 aliphatic carbocycles. The summed E-state index contributed by atoms with van der Waals surface area (Å²) in [5.74, 6) is 0.235. The number of primary amides is 1. The SMILES string of the molecule is COc1cc(C(=O)N2CCCC(C)(C)CC2)ccc1OCC(N)=O. The number of hydrogen-bond acceptors (Lipinski definition) is 4. The van der Waals surface area contributed by atoms with Crippen molar-refractivity contribution in [2.45, 2.75) is 33.1 Å². The first kappa shape index (κ1) is 18.1. The highest BCUT2D eigenvalue weighted by Gasteiger charge is 2.26. The van der Waals surface area contributed by atoms with Crippen LogP contribution < -0.4 is 15.2 Å². The summed E-state index contributed by atoms with van der Waals surface area (Å²) >= 11 is 0. The predicted molar refractivity (Wildman–Crippen MR) is 91.2 cm³/mol. The Bertz CT molecular complexity index is 613. The zero-order valence-corrected chi connectivity index (χ0v) is 14.6. The van der Waals surface area contributed by atoms with E-state index in [1.165, 1.54) is 7.11 Å². The third-order valence-corrected chi connectivity index (χ3v) is 4.41. The molecule has 1 saturated heterocycles. The van der Waals surface area contributed by atoms with Gasteiger partial charge in [0.15, 0.2) is 18.1 Å². The second-order valence-corrected chi connectivity index (χ2v) is 6.93. The Labute approximate surface area is 142 Å². The van der Waals surface area contributed by atoms with E-state index < -0.39 is 5.91 Å². The second-order valence-electron chi connectivity index (χ2n) is 6.93. The summed E-state index contributed by atoms with van der Waals surface area (Å²) in [6.45, 7) is 5.78. The molecule has 6 heteroatoms. The largest absolute Gasteiger partial charge is 0.493 e. The molecule has 0 unspecified atom stereocenters. The van der Waals surface area contributed by atoms with E-state index >= 15 is 0 Å². The molecule has 1 aromatic rings. The molecule has 1 aromatic carbocycles. The number of benzene rings is 1. The molecule has 6 nitrogen and oxygen atoms in total. The minimum atomic E-state index is -0.565. The van der Waals surface area contributed by atoms with Gasteiger partial charge < -0.3 is 20.1 Å². The van der Waals surface area contributed by atoms with Crippen LogP contribution in [0.3, 0.4) is 0 Å². The van der Waals surface area contributed by atoms with E-state index in [4.69, 9.17) is 15.2 Å². The number of carbonyl (C=O) groups is 2. The van der Waals surface area contributed by atoms with Crippen LogP contribution in [0.5, 0.6) is 11.5 Å². The highest BCUT2D eigenvalue weighted by molar-refractivity contribution is 5.95. The maximum atomic E-state index is 12.8. The maximum Gasteiger partial charge on any atom is 0.255 e. The Morgan fingerprint density at radius 1 is 1.21 bits per heavy atom. The molecule has 1 fully saturated rings. The smallest absolute Gasteiger partial charge is 0.255 e. The Hall–Kier alpha value is -2.24. The zero-order valence-electron chi connectivity index (χ0n) is 14.6. The molecule has 1 aliphatic heterocycles. The van der Waals surface area contributed by atoms with Gasteiger partial charge in [0, 0.05) is 18.7 Å². The molecule has 24 heavy (non-hydrogen) atoms. The van der Waals surface area contributed by atoms with E-state index in [1.54, 1.807) is 18.2 Å². The zero-order chi connectivity index (χ0) is 17.7. The topological polar surface area (TPSA) is 81.9 Å². The second kappa shape index (κ2) is 7.55. The van der Waals surface area contributed by atoms with Crippen molar-refractivity contribution in [1.29, 1.82) is 0 Å². The number of ether oxygens (including phenoxy) is 2. The number of nitrogens with zero attached hydrogens (tertiary/aromatic N) is 1. The highest BCUT2D eigenvalue weighted by atomic mass is 16.5. The van der Waals surface area contributed by atoms with Crippen molar-refractivity contribution in [1.82, 2.24) is 4.90 Å². The summed E-state index contributed by atoms with van der Waals surface area (Å²) in [7, 11) is 1.50. The average molecular weight is 334 g/mol. The standard InChI is InChI=1S/C18H26N2O4/c1-18(2)7-4-9-20(10-8-18)17(22)13-5-6-14(15(11-13)23-3)24-12-16(19)21/h5-6,11H,4,7-10,12H2,1-3H3,(H2,19,21). The van der Waals surface area contributed by atoms with E-state index in [0.717, 1.165) is 32.4 Å². The summed E-state index contributed by atoms with van der Waals surface area (Å²) in [6, 6.07) is 4.97. The predicted octanol–water partition coefficient (Wildman–Crippen LogP) is 2.21. The van der Waals surface area contributed by atoms with Crippen LogP contribution in [0.4, 0.5) is 0 Å². The Balaban J connectivity index is 2.13. The van der Waals surface area contributed by atoms with Crippen molar-refractivity contribution in [3.63, 3.8) is 0 Å². The van der Waals surface area contributed by atoms with E-state index in [-0.39, 0.29) is 17.9 Å². The van der Waals surface area contributed by atoms with E-state index in [0.29, 0.717) is 17.1 Å². The first-order valence-corrected chi connectivity index (χ1v) is 8.21. The Kier molecular flexibility index (Phi) is 5.70. The van der Waals surface area contributed by atoms with Crippen LogP contribution in [-0.2, 0) is 4.79 Å². The first-order chi connectivity index (χ1) is 11.3. The number of rotatable bonds is 5. The lowest BCUT2D eigenvalue weighted by Gasteiger charge is -2.23. The van der Waals surface area contributed by atoms with E-state index in [9.17, 15) is 9.59 Å². The maximum absolute atomic E-state index is 12.8. The first-order valence-electron chi connectivity index (χ1n) is 8.21. The van der Waals surface area contributed by atoms with Crippen LogP contribution in [0.25, 0.3) is 0 Å². The summed E-state index contributed by atoms with van der Waals surface area (Å²) < 4.78 is 10.6. The fraction of sp³-hybridized carbons (Fsp3) is 0.556. The van der Waals surface area contributed by atoms with Gasteiger partial charge in [0.2, 0.25) is 0 Å². The molecule has 1 aliphatic rings. The molecule has 132 valence electrons. The Morgan fingerprint density at radius 3 is 2.62 bits per heavy atom.